The van der Waals surface area contributed by atoms with E-state index in [0.717, 1.165) is 18.4 Å². The van der Waals surface area contributed by atoms with Gasteiger partial charge in [-0.1, -0.05) is 66.4 Å². The normalized spacial score (nSPS) is 10.5. The minimum absolute atomic E-state index is 0.754. The molecular formula is C23H20O. The Bertz CT molecular complexity index is 910. The highest BCUT2D eigenvalue weighted by molar-refractivity contribution is 5.83. The maximum atomic E-state index is 4.97. The highest BCUT2D eigenvalue weighted by atomic mass is 16.5. The van der Waals surface area contributed by atoms with Crippen LogP contribution in [0.15, 0.2) is 79.1 Å². The van der Waals surface area contributed by atoms with Crippen molar-refractivity contribution in [2.24, 2.45) is 0 Å². The molecule has 3 aromatic rings. The Morgan fingerprint density at radius 1 is 0.875 bits per heavy atom. The Hall–Kier alpha value is -2.98. The van der Waals surface area contributed by atoms with Crippen molar-refractivity contribution in [3.63, 3.8) is 0 Å². The van der Waals surface area contributed by atoms with Gasteiger partial charge >= 0.3 is 0 Å². The highest BCUT2D eigenvalue weighted by Crippen LogP contribution is 2.15. The second-order valence-corrected chi connectivity index (χ2v) is 5.62. The van der Waals surface area contributed by atoms with Crippen LogP contribution in [-0.4, -0.2) is 7.11 Å². The number of hydrogen-bond acceptors (Lipinski definition) is 1. The first-order valence-electron chi connectivity index (χ1n) is 8.09. The lowest BCUT2D eigenvalue weighted by molar-refractivity contribution is 0.337. The molecule has 24 heavy (non-hydrogen) atoms. The summed E-state index contributed by atoms with van der Waals surface area (Å²) in [4.78, 5) is 0. The summed E-state index contributed by atoms with van der Waals surface area (Å²) in [6.07, 6.45) is 5.36. The van der Waals surface area contributed by atoms with Gasteiger partial charge in [0.05, 0.1) is 13.4 Å². The van der Waals surface area contributed by atoms with E-state index in [1.54, 1.807) is 13.4 Å². The number of benzene rings is 3. The topological polar surface area (TPSA) is 9.23 Å². The van der Waals surface area contributed by atoms with Gasteiger partial charge in [-0.15, -0.1) is 0 Å². The van der Waals surface area contributed by atoms with Crippen LogP contribution in [-0.2, 0) is 17.6 Å². The van der Waals surface area contributed by atoms with Crippen molar-refractivity contribution in [1.82, 2.24) is 0 Å². The Morgan fingerprint density at radius 2 is 1.62 bits per heavy atom. The van der Waals surface area contributed by atoms with E-state index in [2.05, 4.69) is 78.6 Å². The van der Waals surface area contributed by atoms with Crippen molar-refractivity contribution in [1.29, 1.82) is 0 Å². The van der Waals surface area contributed by atoms with Crippen molar-refractivity contribution >= 4 is 10.8 Å². The zero-order chi connectivity index (χ0) is 16.6. The summed E-state index contributed by atoms with van der Waals surface area (Å²) >= 11 is 0. The third kappa shape index (κ3) is 4.06. The monoisotopic (exact) mass is 312 g/mol. The molecule has 3 aromatic carbocycles. The predicted molar refractivity (Wildman–Crippen MR) is 101 cm³/mol. The van der Waals surface area contributed by atoms with E-state index in [-0.39, 0.29) is 0 Å². The van der Waals surface area contributed by atoms with E-state index >= 15 is 0 Å². The van der Waals surface area contributed by atoms with E-state index in [1.165, 1.54) is 21.9 Å². The molecule has 3 rings (SSSR count). The van der Waals surface area contributed by atoms with Gasteiger partial charge in [-0.3, -0.25) is 0 Å². The van der Waals surface area contributed by atoms with E-state index in [0.29, 0.717) is 0 Å². The summed E-state index contributed by atoms with van der Waals surface area (Å²) in [6, 6.07) is 23.1. The number of methoxy groups -OCH3 is 1. The van der Waals surface area contributed by atoms with E-state index < -0.39 is 0 Å². The summed E-state index contributed by atoms with van der Waals surface area (Å²) in [5, 5.41) is 2.48. The molecule has 0 saturated heterocycles. The molecule has 0 N–H and O–H groups in total. The average Bonchev–Trinajstić information content (AvgIpc) is 2.63. The van der Waals surface area contributed by atoms with Crippen molar-refractivity contribution in [2.45, 2.75) is 12.8 Å². The molecule has 0 atom stereocenters. The third-order valence-electron chi connectivity index (χ3n) is 3.95. The minimum atomic E-state index is 0.754. The van der Waals surface area contributed by atoms with Gasteiger partial charge in [0.2, 0.25) is 0 Å². The van der Waals surface area contributed by atoms with E-state index in [4.69, 9.17) is 4.74 Å². The fraction of sp³-hybridized carbons (Fsp3) is 0.130. The Balaban J connectivity index is 1.76. The van der Waals surface area contributed by atoms with Crippen LogP contribution in [0.5, 0.6) is 0 Å². The molecule has 0 fully saturated rings. The molecule has 118 valence electrons. The second kappa shape index (κ2) is 8.04. The lowest BCUT2D eigenvalue weighted by Gasteiger charge is -2.03. The van der Waals surface area contributed by atoms with Gasteiger partial charge in [-0.2, -0.15) is 0 Å². The van der Waals surface area contributed by atoms with Crippen molar-refractivity contribution in [3.05, 3.63) is 95.8 Å². The van der Waals surface area contributed by atoms with Crippen LogP contribution in [0.3, 0.4) is 0 Å². The summed E-state index contributed by atoms with van der Waals surface area (Å²) in [5.41, 5.74) is 3.62. The lowest BCUT2D eigenvalue weighted by atomic mass is 10.0. The predicted octanol–water partition coefficient (Wildman–Crippen LogP) is 5.14. The number of allylic oxidation sites excluding steroid dienone is 1. The molecular weight excluding hydrogens is 292 g/mol. The fourth-order valence-corrected chi connectivity index (χ4v) is 2.71. The minimum Gasteiger partial charge on any atom is -0.505 e. The van der Waals surface area contributed by atoms with Crippen molar-refractivity contribution in [3.8, 4) is 11.8 Å². The smallest absolute Gasteiger partial charge is 0.0788 e. The first-order chi connectivity index (χ1) is 11.9. The molecule has 0 unspecified atom stereocenters. The third-order valence-corrected chi connectivity index (χ3v) is 3.95. The second-order valence-electron chi connectivity index (χ2n) is 5.62. The molecule has 0 aliphatic heterocycles. The van der Waals surface area contributed by atoms with Gasteiger partial charge < -0.3 is 4.74 Å². The summed E-state index contributed by atoms with van der Waals surface area (Å²) in [5.74, 6) is 6.60. The molecule has 0 spiro atoms. The van der Waals surface area contributed by atoms with Crippen molar-refractivity contribution in [2.75, 3.05) is 7.11 Å². The molecule has 0 aromatic heterocycles. The molecule has 1 heteroatoms. The number of rotatable bonds is 4. The Kier molecular flexibility index (Phi) is 5.32. The molecule has 0 saturated carbocycles. The molecule has 0 heterocycles. The quantitative estimate of drug-likeness (QED) is 0.479. The Labute approximate surface area is 143 Å². The summed E-state index contributed by atoms with van der Waals surface area (Å²) in [6.45, 7) is 0. The molecule has 0 radical (unpaired) electrons. The van der Waals surface area contributed by atoms with Crippen LogP contribution in [0.1, 0.15) is 16.7 Å². The van der Waals surface area contributed by atoms with Crippen LogP contribution in [0.2, 0.25) is 0 Å². The van der Waals surface area contributed by atoms with Gasteiger partial charge in [0.25, 0.3) is 0 Å². The summed E-state index contributed by atoms with van der Waals surface area (Å²) < 4.78 is 4.97. The zero-order valence-corrected chi connectivity index (χ0v) is 13.8. The molecule has 1 nitrogen and oxygen atoms in total. The van der Waals surface area contributed by atoms with Crippen molar-refractivity contribution < 1.29 is 4.74 Å². The van der Waals surface area contributed by atoms with Crippen LogP contribution >= 0.6 is 0 Å². The number of hydrogen-bond donors (Lipinski definition) is 0. The number of ether oxygens (including phenoxy) is 1. The SMILES string of the molecule is COC=CCc1ccccc1CC#Cc1ccc2ccccc2c1. The van der Waals surface area contributed by atoms with Crippen LogP contribution in [0, 0.1) is 11.8 Å². The molecule has 0 aliphatic rings. The molecule has 0 amide bonds. The fourth-order valence-electron chi connectivity index (χ4n) is 2.71. The maximum Gasteiger partial charge on any atom is 0.0788 e. The van der Waals surface area contributed by atoms with Crippen LogP contribution < -0.4 is 0 Å². The first-order valence-corrected chi connectivity index (χ1v) is 8.09. The summed E-state index contributed by atoms with van der Waals surface area (Å²) in [7, 11) is 1.66. The van der Waals surface area contributed by atoms with Gasteiger partial charge in [-0.25, -0.2) is 0 Å². The van der Waals surface area contributed by atoms with E-state index in [1.807, 2.05) is 6.08 Å². The van der Waals surface area contributed by atoms with Gasteiger partial charge in [0.15, 0.2) is 0 Å². The number of fused-ring (bicyclic) bond motifs is 1. The zero-order valence-electron chi connectivity index (χ0n) is 13.8. The van der Waals surface area contributed by atoms with Gasteiger partial charge in [0, 0.05) is 12.0 Å². The van der Waals surface area contributed by atoms with Crippen LogP contribution in [0.4, 0.5) is 0 Å². The largest absolute Gasteiger partial charge is 0.505 e. The molecule has 0 bridgehead atoms. The Morgan fingerprint density at radius 3 is 2.46 bits per heavy atom. The van der Waals surface area contributed by atoms with Gasteiger partial charge in [-0.05, 0) is 46.5 Å². The standard InChI is InChI=1S/C23H20O/c1-24-17-7-14-21-10-3-2-9-20(21)13-6-8-19-15-16-22-11-4-5-12-23(22)18-19/h2-5,7,9-12,15-18H,13-14H2,1H3. The highest BCUT2D eigenvalue weighted by Gasteiger charge is 1.98. The maximum absolute atomic E-state index is 4.97. The lowest BCUT2D eigenvalue weighted by Crippen LogP contribution is -1.91. The molecule has 0 aliphatic carbocycles. The first kappa shape index (κ1) is 15.9. The van der Waals surface area contributed by atoms with Gasteiger partial charge in [0.1, 0.15) is 0 Å². The van der Waals surface area contributed by atoms with E-state index in [9.17, 15) is 0 Å². The average molecular weight is 312 g/mol. The van der Waals surface area contributed by atoms with Crippen LogP contribution in [0.25, 0.3) is 10.8 Å².